The van der Waals surface area contributed by atoms with Crippen LogP contribution >= 0.6 is 0 Å². The molecule has 0 aliphatic rings. The maximum atomic E-state index is 12.9. The van der Waals surface area contributed by atoms with Crippen molar-refractivity contribution in [1.82, 2.24) is 5.32 Å². The van der Waals surface area contributed by atoms with Crippen molar-refractivity contribution >= 4 is 21.6 Å². The number of ether oxygens (including phenoxy) is 1. The van der Waals surface area contributed by atoms with Gasteiger partial charge in [-0.1, -0.05) is 36.4 Å². The summed E-state index contributed by atoms with van der Waals surface area (Å²) in [6.45, 7) is 4.25. The molecule has 0 radical (unpaired) electrons. The van der Waals surface area contributed by atoms with Crippen molar-refractivity contribution in [2.45, 2.75) is 24.8 Å². The van der Waals surface area contributed by atoms with Crippen LogP contribution in [-0.4, -0.2) is 33.5 Å². The van der Waals surface area contributed by atoms with Crippen LogP contribution in [0.15, 0.2) is 89.8 Å². The SMILES string of the molecule is CCN(c1ccc(C(=O)NC(C)COc2ccccc2)cc1)S(=O)(=O)c1ccccc1. The summed E-state index contributed by atoms with van der Waals surface area (Å²) in [7, 11) is -3.67. The third-order valence-electron chi connectivity index (χ3n) is 4.66. The lowest BCUT2D eigenvalue weighted by atomic mass is 10.2. The molecule has 6 nitrogen and oxygen atoms in total. The molecule has 0 aliphatic heterocycles. The van der Waals surface area contributed by atoms with E-state index in [1.165, 1.54) is 4.31 Å². The number of benzene rings is 3. The number of nitrogens with one attached hydrogen (secondary N) is 1. The predicted molar refractivity (Wildman–Crippen MR) is 122 cm³/mol. The molecule has 3 rings (SSSR count). The van der Waals surface area contributed by atoms with Gasteiger partial charge >= 0.3 is 0 Å². The number of sulfonamides is 1. The van der Waals surface area contributed by atoms with Crippen LogP contribution in [0.4, 0.5) is 5.69 Å². The molecule has 31 heavy (non-hydrogen) atoms. The summed E-state index contributed by atoms with van der Waals surface area (Å²) in [5, 5.41) is 2.89. The average molecular weight is 439 g/mol. The van der Waals surface area contributed by atoms with E-state index in [1.807, 2.05) is 37.3 Å². The molecule has 0 aromatic heterocycles. The zero-order valence-electron chi connectivity index (χ0n) is 17.6. The Morgan fingerprint density at radius 3 is 2.10 bits per heavy atom. The van der Waals surface area contributed by atoms with Crippen molar-refractivity contribution in [3.05, 3.63) is 90.5 Å². The van der Waals surface area contributed by atoms with E-state index in [9.17, 15) is 13.2 Å². The number of anilines is 1. The monoisotopic (exact) mass is 438 g/mol. The lowest BCUT2D eigenvalue weighted by Gasteiger charge is -2.23. The normalized spacial score (nSPS) is 12.1. The van der Waals surface area contributed by atoms with Crippen molar-refractivity contribution in [3.8, 4) is 5.75 Å². The fourth-order valence-electron chi connectivity index (χ4n) is 3.08. The highest BCUT2D eigenvalue weighted by molar-refractivity contribution is 7.92. The number of amides is 1. The molecule has 3 aromatic carbocycles. The van der Waals surface area contributed by atoms with Crippen molar-refractivity contribution in [1.29, 1.82) is 0 Å². The van der Waals surface area contributed by atoms with E-state index in [0.29, 0.717) is 17.9 Å². The van der Waals surface area contributed by atoms with E-state index < -0.39 is 10.0 Å². The average Bonchev–Trinajstić information content (AvgIpc) is 2.80. The minimum atomic E-state index is -3.67. The van der Waals surface area contributed by atoms with Gasteiger partial charge in [-0.25, -0.2) is 8.42 Å². The van der Waals surface area contributed by atoms with Gasteiger partial charge in [0, 0.05) is 12.1 Å². The minimum absolute atomic E-state index is 0.196. The molecule has 0 aliphatic carbocycles. The van der Waals surface area contributed by atoms with Crippen LogP contribution in [0.25, 0.3) is 0 Å². The molecule has 3 aromatic rings. The van der Waals surface area contributed by atoms with Crippen molar-refractivity contribution in [3.63, 3.8) is 0 Å². The van der Waals surface area contributed by atoms with Crippen LogP contribution in [-0.2, 0) is 10.0 Å². The molecule has 162 valence electrons. The summed E-state index contributed by atoms with van der Waals surface area (Å²) in [5.41, 5.74) is 0.951. The molecule has 7 heteroatoms. The number of carbonyl (C=O) groups is 1. The summed E-state index contributed by atoms with van der Waals surface area (Å²) < 4.78 is 32.9. The van der Waals surface area contributed by atoms with Crippen LogP contribution in [0, 0.1) is 0 Å². The number of hydrogen-bond donors (Lipinski definition) is 1. The number of carbonyl (C=O) groups excluding carboxylic acids is 1. The first-order chi connectivity index (χ1) is 14.9. The van der Waals surface area contributed by atoms with E-state index in [2.05, 4.69) is 5.32 Å². The minimum Gasteiger partial charge on any atom is -0.491 e. The highest BCUT2D eigenvalue weighted by atomic mass is 32.2. The highest BCUT2D eigenvalue weighted by Crippen LogP contribution is 2.23. The molecule has 1 amide bonds. The first-order valence-corrected chi connectivity index (χ1v) is 11.5. The number of hydrogen-bond acceptors (Lipinski definition) is 4. The molecule has 1 atom stereocenters. The zero-order valence-corrected chi connectivity index (χ0v) is 18.4. The van der Waals surface area contributed by atoms with E-state index in [4.69, 9.17) is 4.74 Å². The molecule has 0 fully saturated rings. The maximum Gasteiger partial charge on any atom is 0.264 e. The van der Waals surface area contributed by atoms with Crippen LogP contribution in [0.2, 0.25) is 0 Å². The summed E-state index contributed by atoms with van der Waals surface area (Å²) in [6.07, 6.45) is 0. The molecule has 1 unspecified atom stereocenters. The fourth-order valence-corrected chi connectivity index (χ4v) is 4.57. The second kappa shape index (κ2) is 10.1. The first kappa shape index (κ1) is 22.4. The molecular weight excluding hydrogens is 412 g/mol. The van der Waals surface area contributed by atoms with Gasteiger partial charge in [0.2, 0.25) is 0 Å². The lowest BCUT2D eigenvalue weighted by Crippen LogP contribution is -2.36. The standard InChI is InChI=1S/C24H26N2O4S/c1-3-26(31(28,29)23-12-8-5-9-13-23)21-16-14-20(15-17-21)24(27)25-19(2)18-30-22-10-6-4-7-11-22/h4-17,19H,3,18H2,1-2H3,(H,25,27). The second-order valence-electron chi connectivity index (χ2n) is 7.03. The second-order valence-corrected chi connectivity index (χ2v) is 8.89. The van der Waals surface area contributed by atoms with E-state index in [-0.39, 0.29) is 23.4 Å². The molecule has 0 heterocycles. The summed E-state index contributed by atoms with van der Waals surface area (Å²) in [5.74, 6) is 0.497. The molecule has 0 saturated carbocycles. The molecule has 0 spiro atoms. The van der Waals surface area contributed by atoms with Gasteiger partial charge in [-0.15, -0.1) is 0 Å². The highest BCUT2D eigenvalue weighted by Gasteiger charge is 2.23. The predicted octanol–water partition coefficient (Wildman–Crippen LogP) is 4.10. The Morgan fingerprint density at radius 2 is 1.52 bits per heavy atom. The van der Waals surface area contributed by atoms with Crippen LogP contribution in [0.1, 0.15) is 24.2 Å². The maximum absolute atomic E-state index is 12.9. The Bertz CT molecular complexity index is 1090. The van der Waals surface area contributed by atoms with Gasteiger partial charge in [0.25, 0.3) is 15.9 Å². The van der Waals surface area contributed by atoms with Gasteiger partial charge in [-0.2, -0.15) is 0 Å². The molecular formula is C24H26N2O4S. The van der Waals surface area contributed by atoms with Crippen LogP contribution < -0.4 is 14.4 Å². The van der Waals surface area contributed by atoms with Crippen molar-refractivity contribution in [2.24, 2.45) is 0 Å². The van der Waals surface area contributed by atoms with Gasteiger partial charge in [-0.3, -0.25) is 9.10 Å². The number of nitrogens with zero attached hydrogens (tertiary/aromatic N) is 1. The Balaban J connectivity index is 1.65. The first-order valence-electron chi connectivity index (χ1n) is 10.1. The third-order valence-corrected chi connectivity index (χ3v) is 6.57. The smallest absolute Gasteiger partial charge is 0.264 e. The van der Waals surface area contributed by atoms with Crippen molar-refractivity contribution < 1.29 is 17.9 Å². The quantitative estimate of drug-likeness (QED) is 0.546. The Kier molecular flexibility index (Phi) is 7.31. The number of para-hydroxylation sites is 1. The third kappa shape index (κ3) is 5.64. The van der Waals surface area contributed by atoms with Gasteiger partial charge in [0.05, 0.1) is 16.6 Å². The van der Waals surface area contributed by atoms with E-state index in [0.717, 1.165) is 5.75 Å². The summed E-state index contributed by atoms with van der Waals surface area (Å²) in [6, 6.07) is 24.0. The summed E-state index contributed by atoms with van der Waals surface area (Å²) in [4.78, 5) is 12.8. The molecule has 0 saturated heterocycles. The Hall–Kier alpha value is -3.32. The Labute approximate surface area is 183 Å². The van der Waals surface area contributed by atoms with Gasteiger partial charge < -0.3 is 10.1 Å². The Morgan fingerprint density at radius 1 is 0.935 bits per heavy atom. The summed E-state index contributed by atoms with van der Waals surface area (Å²) >= 11 is 0. The zero-order chi connectivity index (χ0) is 22.3. The van der Waals surface area contributed by atoms with Crippen LogP contribution in [0.3, 0.4) is 0 Å². The molecule has 1 N–H and O–H groups in total. The van der Waals surface area contributed by atoms with Gasteiger partial charge in [0.15, 0.2) is 0 Å². The van der Waals surface area contributed by atoms with E-state index in [1.54, 1.807) is 61.5 Å². The van der Waals surface area contributed by atoms with Crippen molar-refractivity contribution in [2.75, 3.05) is 17.5 Å². The lowest BCUT2D eigenvalue weighted by molar-refractivity contribution is 0.0926. The fraction of sp³-hybridized carbons (Fsp3) is 0.208. The van der Waals surface area contributed by atoms with Crippen LogP contribution in [0.5, 0.6) is 5.75 Å². The van der Waals surface area contributed by atoms with Gasteiger partial charge in [0.1, 0.15) is 12.4 Å². The molecule has 0 bridgehead atoms. The van der Waals surface area contributed by atoms with Gasteiger partial charge in [-0.05, 0) is 62.4 Å². The topological polar surface area (TPSA) is 75.7 Å². The van der Waals surface area contributed by atoms with E-state index >= 15 is 0 Å². The number of rotatable bonds is 9. The largest absolute Gasteiger partial charge is 0.491 e.